The van der Waals surface area contributed by atoms with E-state index >= 15 is 0 Å². The van der Waals surface area contributed by atoms with Crippen LogP contribution in [0.25, 0.3) is 5.69 Å². The highest BCUT2D eigenvalue weighted by molar-refractivity contribution is 7.89. The lowest BCUT2D eigenvalue weighted by molar-refractivity contribution is -0.139. The minimum Gasteiger partial charge on any atom is -0.326 e. The van der Waals surface area contributed by atoms with Gasteiger partial charge in [0.1, 0.15) is 6.33 Å². The molecule has 180 valence electrons. The molecule has 2 heterocycles. The lowest BCUT2D eigenvalue weighted by atomic mass is 9.97. The Labute approximate surface area is 193 Å². The Balaban J connectivity index is 1.45. The fourth-order valence-electron chi connectivity index (χ4n) is 3.82. The van der Waals surface area contributed by atoms with Gasteiger partial charge in [0.15, 0.2) is 0 Å². The van der Waals surface area contributed by atoms with Crippen LogP contribution in [0.3, 0.4) is 0 Å². The molecule has 1 N–H and O–H groups in total. The van der Waals surface area contributed by atoms with Gasteiger partial charge in [-0.15, -0.1) is 5.10 Å². The lowest BCUT2D eigenvalue weighted by Crippen LogP contribution is -2.42. The number of carbonyl (C=O) groups excluding carboxylic acids is 1. The maximum atomic E-state index is 13.3. The second kappa shape index (κ2) is 9.14. The van der Waals surface area contributed by atoms with E-state index in [1.807, 2.05) is 6.92 Å². The normalized spacial score (nSPS) is 15.9. The molecule has 9 nitrogen and oxygen atoms in total. The van der Waals surface area contributed by atoms with E-state index in [1.54, 1.807) is 18.2 Å². The number of anilines is 1. The maximum absolute atomic E-state index is 13.3. The minimum atomic E-state index is -4.80. The number of sulfonamides is 1. The van der Waals surface area contributed by atoms with Crippen molar-refractivity contribution in [1.29, 1.82) is 0 Å². The molecule has 13 heteroatoms. The summed E-state index contributed by atoms with van der Waals surface area (Å²) < 4.78 is 68.3. The van der Waals surface area contributed by atoms with Gasteiger partial charge in [-0.05, 0) is 60.0 Å². The molecule has 0 saturated carbocycles. The summed E-state index contributed by atoms with van der Waals surface area (Å²) in [6.45, 7) is 1.71. The first-order chi connectivity index (χ1) is 16.1. The van der Waals surface area contributed by atoms with Gasteiger partial charge in [-0.25, -0.2) is 13.1 Å². The monoisotopic (exact) mass is 494 g/mol. The molecule has 0 bridgehead atoms. The summed E-state index contributed by atoms with van der Waals surface area (Å²) in [7, 11) is -4.36. The number of aromatic nitrogens is 4. The number of nitrogens with one attached hydrogen (secondary N) is 1. The Morgan fingerprint density at radius 2 is 1.82 bits per heavy atom. The molecule has 0 unspecified atom stereocenters. The molecule has 2 aromatic carbocycles. The number of nitrogens with zero attached hydrogens (tertiary/aromatic N) is 5. The highest BCUT2D eigenvalue weighted by atomic mass is 32.2. The molecule has 1 aliphatic rings. The van der Waals surface area contributed by atoms with Crippen LogP contribution in [0.4, 0.5) is 18.9 Å². The van der Waals surface area contributed by atoms with Crippen molar-refractivity contribution in [2.24, 2.45) is 5.92 Å². The SMILES string of the molecule is Cc1ccc(-n2cnnn2)cc1NC(=O)C1CCN(S(=O)(=O)c2ccccc2C(F)(F)F)CC1. The smallest absolute Gasteiger partial charge is 0.326 e. The maximum Gasteiger partial charge on any atom is 0.417 e. The number of carbonyl (C=O) groups is 1. The third-order valence-electron chi connectivity index (χ3n) is 5.73. The standard InChI is InChI=1S/C21H21F3N6O3S/c1-14-6-7-16(30-13-25-27-28-30)12-18(14)26-20(31)15-8-10-29(11-9-15)34(32,33)19-5-3-2-4-17(19)21(22,23)24/h2-7,12-13,15H,8-11H2,1H3,(H,26,31). The summed E-state index contributed by atoms with van der Waals surface area (Å²) in [5, 5.41) is 13.8. The quantitative estimate of drug-likeness (QED) is 0.584. The van der Waals surface area contributed by atoms with E-state index in [1.165, 1.54) is 17.1 Å². The van der Waals surface area contributed by atoms with Crippen LogP contribution in [0, 0.1) is 12.8 Å². The van der Waals surface area contributed by atoms with E-state index in [4.69, 9.17) is 0 Å². The number of amides is 1. The van der Waals surface area contributed by atoms with Crippen molar-refractivity contribution >= 4 is 21.6 Å². The van der Waals surface area contributed by atoms with E-state index in [9.17, 15) is 26.4 Å². The zero-order chi connectivity index (χ0) is 24.5. The Morgan fingerprint density at radius 1 is 1.12 bits per heavy atom. The third kappa shape index (κ3) is 4.80. The molecule has 1 aliphatic heterocycles. The predicted molar refractivity (Wildman–Crippen MR) is 115 cm³/mol. The van der Waals surface area contributed by atoms with Crippen LogP contribution in [0.15, 0.2) is 53.7 Å². The minimum absolute atomic E-state index is 0.0593. The van der Waals surface area contributed by atoms with Crippen molar-refractivity contribution in [3.05, 3.63) is 59.9 Å². The summed E-state index contributed by atoms with van der Waals surface area (Å²) >= 11 is 0. The van der Waals surface area contributed by atoms with Gasteiger partial charge in [0, 0.05) is 24.7 Å². The average Bonchev–Trinajstić information content (AvgIpc) is 3.35. The van der Waals surface area contributed by atoms with Crippen molar-refractivity contribution in [2.45, 2.75) is 30.8 Å². The summed E-state index contributed by atoms with van der Waals surface area (Å²) in [5.41, 5.74) is 0.823. The second-order valence-corrected chi connectivity index (χ2v) is 9.82. The first-order valence-electron chi connectivity index (χ1n) is 10.4. The molecule has 1 amide bonds. The summed E-state index contributed by atoms with van der Waals surface area (Å²) in [5.74, 6) is -0.773. The number of tetrazole rings is 1. The van der Waals surface area contributed by atoms with Gasteiger partial charge in [0.05, 0.1) is 16.1 Å². The van der Waals surface area contributed by atoms with E-state index in [2.05, 4.69) is 20.8 Å². The summed E-state index contributed by atoms with van der Waals surface area (Å²) in [6, 6.07) is 9.43. The van der Waals surface area contributed by atoms with E-state index < -0.39 is 32.6 Å². The average molecular weight is 494 g/mol. The first-order valence-corrected chi connectivity index (χ1v) is 11.8. The van der Waals surface area contributed by atoms with Crippen molar-refractivity contribution in [1.82, 2.24) is 24.5 Å². The fraction of sp³-hybridized carbons (Fsp3) is 0.333. The second-order valence-electron chi connectivity index (χ2n) is 7.92. The van der Waals surface area contributed by atoms with Crippen molar-refractivity contribution in [3.8, 4) is 5.69 Å². The molecule has 0 atom stereocenters. The number of hydrogen-bond donors (Lipinski definition) is 1. The molecule has 34 heavy (non-hydrogen) atoms. The van der Waals surface area contributed by atoms with Crippen molar-refractivity contribution < 1.29 is 26.4 Å². The Kier molecular flexibility index (Phi) is 6.41. The highest BCUT2D eigenvalue weighted by Crippen LogP contribution is 2.36. The van der Waals surface area contributed by atoms with Gasteiger partial charge in [-0.1, -0.05) is 18.2 Å². The van der Waals surface area contributed by atoms with Crippen LogP contribution >= 0.6 is 0 Å². The van der Waals surface area contributed by atoms with Crippen molar-refractivity contribution in [2.75, 3.05) is 18.4 Å². The molecule has 1 saturated heterocycles. The Bertz CT molecular complexity index is 1290. The number of piperidine rings is 1. The van der Waals surface area contributed by atoms with E-state index in [-0.39, 0.29) is 31.8 Å². The molecular weight excluding hydrogens is 473 g/mol. The molecule has 1 aromatic heterocycles. The molecule has 3 aromatic rings. The van der Waals surface area contributed by atoms with Crippen LogP contribution < -0.4 is 5.32 Å². The van der Waals surface area contributed by atoms with E-state index in [0.717, 1.165) is 28.1 Å². The topological polar surface area (TPSA) is 110 Å². The van der Waals surface area contributed by atoms with Crippen LogP contribution in [0.5, 0.6) is 0 Å². The van der Waals surface area contributed by atoms with Crippen molar-refractivity contribution in [3.63, 3.8) is 0 Å². The van der Waals surface area contributed by atoms with E-state index in [0.29, 0.717) is 11.4 Å². The van der Waals surface area contributed by atoms with Crippen LogP contribution in [-0.2, 0) is 21.0 Å². The predicted octanol–water partition coefficient (Wildman–Crippen LogP) is 3.03. The highest BCUT2D eigenvalue weighted by Gasteiger charge is 2.40. The van der Waals surface area contributed by atoms with Gasteiger partial charge in [-0.3, -0.25) is 4.79 Å². The number of aryl methyl sites for hydroxylation is 1. The fourth-order valence-corrected chi connectivity index (χ4v) is 5.51. The van der Waals surface area contributed by atoms with Crippen LogP contribution in [0.2, 0.25) is 0 Å². The molecule has 4 rings (SSSR count). The van der Waals surface area contributed by atoms with Gasteiger partial charge in [0.2, 0.25) is 15.9 Å². The molecule has 1 fully saturated rings. The number of halogens is 3. The van der Waals surface area contributed by atoms with Gasteiger partial charge < -0.3 is 5.32 Å². The first kappa shape index (κ1) is 23.8. The number of hydrogen-bond acceptors (Lipinski definition) is 6. The summed E-state index contributed by atoms with van der Waals surface area (Å²) in [4.78, 5) is 12.1. The van der Waals surface area contributed by atoms with Gasteiger partial charge in [0.25, 0.3) is 0 Å². The molecule has 0 radical (unpaired) electrons. The lowest BCUT2D eigenvalue weighted by Gasteiger charge is -2.31. The molecule has 0 aliphatic carbocycles. The summed E-state index contributed by atoms with van der Waals surface area (Å²) in [6.07, 6.45) is -3.00. The molecular formula is C21H21F3N6O3S. The zero-order valence-corrected chi connectivity index (χ0v) is 18.8. The molecule has 0 spiro atoms. The largest absolute Gasteiger partial charge is 0.417 e. The third-order valence-corrected chi connectivity index (χ3v) is 7.68. The number of rotatable bonds is 5. The number of benzene rings is 2. The Hall–Kier alpha value is -3.32. The zero-order valence-electron chi connectivity index (χ0n) is 18.0. The van der Waals surface area contributed by atoms with Gasteiger partial charge in [-0.2, -0.15) is 17.5 Å². The van der Waals surface area contributed by atoms with Crippen LogP contribution in [-0.4, -0.2) is 51.9 Å². The van der Waals surface area contributed by atoms with Gasteiger partial charge >= 0.3 is 6.18 Å². The Morgan fingerprint density at radius 3 is 2.47 bits per heavy atom. The number of alkyl halides is 3. The van der Waals surface area contributed by atoms with Crippen LogP contribution in [0.1, 0.15) is 24.0 Å².